The van der Waals surface area contributed by atoms with Gasteiger partial charge in [0.05, 0.1) is 24.4 Å². The molecule has 0 spiro atoms. The van der Waals surface area contributed by atoms with Crippen LogP contribution in [0.15, 0.2) is 48.7 Å². The summed E-state index contributed by atoms with van der Waals surface area (Å²) >= 11 is 0. The van der Waals surface area contributed by atoms with Crippen LogP contribution < -0.4 is 10.1 Å². The maximum absolute atomic E-state index is 12.3. The van der Waals surface area contributed by atoms with Gasteiger partial charge in [-0.1, -0.05) is 18.2 Å². The van der Waals surface area contributed by atoms with Gasteiger partial charge in [-0.15, -0.1) is 0 Å². The van der Waals surface area contributed by atoms with Gasteiger partial charge in [-0.25, -0.2) is 9.78 Å². The topological polar surface area (TPSA) is 58.9 Å². The van der Waals surface area contributed by atoms with Crippen LogP contribution in [0.25, 0.3) is 16.8 Å². The quantitative estimate of drug-likeness (QED) is 0.787. The molecular weight excluding hydrogens is 328 g/mol. The number of hydrogen-bond donors (Lipinski definition) is 1. The number of ether oxygens (including phenoxy) is 1. The molecule has 1 aromatic carbocycles. The predicted molar refractivity (Wildman–Crippen MR) is 100 cm³/mol. The van der Waals surface area contributed by atoms with E-state index >= 15 is 0 Å². The van der Waals surface area contributed by atoms with Crippen molar-refractivity contribution < 1.29 is 9.53 Å². The molecule has 1 atom stereocenters. The van der Waals surface area contributed by atoms with E-state index in [1.165, 1.54) is 0 Å². The van der Waals surface area contributed by atoms with Gasteiger partial charge in [0.1, 0.15) is 11.6 Å². The largest absolute Gasteiger partial charge is 0.497 e. The highest BCUT2D eigenvalue weighted by molar-refractivity contribution is 5.79. The Balaban J connectivity index is 1.85. The van der Waals surface area contributed by atoms with Crippen molar-refractivity contribution in [3.05, 3.63) is 54.5 Å². The number of benzene rings is 1. The second-order valence-electron chi connectivity index (χ2n) is 6.41. The van der Waals surface area contributed by atoms with Crippen LogP contribution in [0.1, 0.15) is 24.7 Å². The molecule has 2 aromatic heterocycles. The molecule has 0 saturated carbocycles. The van der Waals surface area contributed by atoms with Crippen LogP contribution in [-0.2, 0) is 0 Å². The van der Waals surface area contributed by atoms with Crippen molar-refractivity contribution in [2.24, 2.45) is 0 Å². The molecule has 1 aliphatic heterocycles. The Kier molecular flexibility index (Phi) is 4.24. The van der Waals surface area contributed by atoms with Gasteiger partial charge in [0, 0.05) is 25.4 Å². The first-order valence-corrected chi connectivity index (χ1v) is 8.82. The molecule has 1 saturated heterocycles. The minimum atomic E-state index is -0.0527. The smallest absolute Gasteiger partial charge is 0.317 e. The molecule has 2 amide bonds. The zero-order valence-electron chi connectivity index (χ0n) is 15.0. The number of methoxy groups -OCH3 is 1. The first kappa shape index (κ1) is 16.4. The lowest BCUT2D eigenvalue weighted by molar-refractivity contribution is 0.193. The van der Waals surface area contributed by atoms with E-state index in [-0.39, 0.29) is 12.1 Å². The number of fused-ring (bicyclic) bond motifs is 1. The van der Waals surface area contributed by atoms with E-state index in [4.69, 9.17) is 9.72 Å². The van der Waals surface area contributed by atoms with Crippen LogP contribution in [0.3, 0.4) is 0 Å². The number of nitrogens with one attached hydrogen (secondary N) is 1. The number of pyridine rings is 1. The molecule has 0 bridgehead atoms. The molecule has 1 N–H and O–H groups in total. The zero-order valence-corrected chi connectivity index (χ0v) is 15.0. The number of carbonyl (C=O) groups is 1. The van der Waals surface area contributed by atoms with Crippen molar-refractivity contribution >= 4 is 11.5 Å². The molecule has 1 aliphatic rings. The third-order valence-electron chi connectivity index (χ3n) is 4.94. The molecule has 26 heavy (non-hydrogen) atoms. The molecular formula is C20H22N4O2. The summed E-state index contributed by atoms with van der Waals surface area (Å²) < 4.78 is 7.46. The molecule has 134 valence electrons. The van der Waals surface area contributed by atoms with Gasteiger partial charge in [-0.3, -0.25) is 0 Å². The first-order chi connectivity index (χ1) is 12.7. The lowest BCUT2D eigenvalue weighted by Gasteiger charge is -2.23. The maximum atomic E-state index is 12.3. The second-order valence-corrected chi connectivity index (χ2v) is 6.41. The summed E-state index contributed by atoms with van der Waals surface area (Å²) in [5.74, 6) is 1.70. The molecule has 0 aliphatic carbocycles. The Hall–Kier alpha value is -3.02. The van der Waals surface area contributed by atoms with Crippen LogP contribution >= 0.6 is 0 Å². The molecule has 1 fully saturated rings. The van der Waals surface area contributed by atoms with Crippen molar-refractivity contribution in [2.75, 3.05) is 20.7 Å². The van der Waals surface area contributed by atoms with Crippen LogP contribution in [-0.4, -0.2) is 41.0 Å². The number of urea groups is 1. The fourth-order valence-electron chi connectivity index (χ4n) is 3.70. The van der Waals surface area contributed by atoms with Crippen molar-refractivity contribution in [2.45, 2.75) is 18.9 Å². The third-order valence-corrected chi connectivity index (χ3v) is 4.94. The van der Waals surface area contributed by atoms with Crippen molar-refractivity contribution in [1.82, 2.24) is 19.6 Å². The van der Waals surface area contributed by atoms with E-state index in [2.05, 4.69) is 15.8 Å². The van der Waals surface area contributed by atoms with Gasteiger partial charge in [-0.2, -0.15) is 0 Å². The maximum Gasteiger partial charge on any atom is 0.317 e. The Bertz CT molecular complexity index is 950. The molecule has 3 heterocycles. The van der Waals surface area contributed by atoms with Gasteiger partial charge in [0.2, 0.25) is 0 Å². The van der Waals surface area contributed by atoms with Gasteiger partial charge >= 0.3 is 6.03 Å². The number of rotatable bonds is 3. The first-order valence-electron chi connectivity index (χ1n) is 8.82. The average molecular weight is 350 g/mol. The summed E-state index contributed by atoms with van der Waals surface area (Å²) in [6, 6.07) is 13.9. The molecule has 0 unspecified atom stereocenters. The lowest BCUT2D eigenvalue weighted by Crippen LogP contribution is -2.38. The molecule has 6 nitrogen and oxygen atoms in total. The van der Waals surface area contributed by atoms with E-state index in [0.717, 1.165) is 47.7 Å². The number of imidazole rings is 1. The SMILES string of the molecule is CNC(=O)N1CCC[C@H]1c1nc(-c2cccc(OC)c2)c2ccccn12. The highest BCUT2D eigenvalue weighted by Gasteiger charge is 2.33. The zero-order chi connectivity index (χ0) is 18.1. The van der Waals surface area contributed by atoms with Crippen molar-refractivity contribution in [1.29, 1.82) is 0 Å². The molecule has 3 aromatic rings. The highest BCUT2D eigenvalue weighted by atomic mass is 16.5. The van der Waals surface area contributed by atoms with E-state index in [1.54, 1.807) is 14.2 Å². The van der Waals surface area contributed by atoms with Gasteiger partial charge in [-0.05, 0) is 37.1 Å². The Morgan fingerprint density at radius 3 is 2.96 bits per heavy atom. The standard InChI is InChI=1S/C20H22N4O2/c1-21-20(25)24-12-6-10-17(24)19-22-18(16-9-3-4-11-23(16)19)14-7-5-8-15(13-14)26-2/h3-5,7-9,11,13,17H,6,10,12H2,1-2H3,(H,21,25)/t17-/m0/s1. The summed E-state index contributed by atoms with van der Waals surface area (Å²) in [6.07, 6.45) is 3.91. The van der Waals surface area contributed by atoms with Crippen LogP contribution in [0.2, 0.25) is 0 Å². The fourth-order valence-corrected chi connectivity index (χ4v) is 3.70. The number of carbonyl (C=O) groups excluding carboxylic acids is 1. The van der Waals surface area contributed by atoms with Crippen molar-refractivity contribution in [3.8, 4) is 17.0 Å². The van der Waals surface area contributed by atoms with Crippen LogP contribution in [0.5, 0.6) is 5.75 Å². The molecule has 6 heteroatoms. The number of nitrogens with zero attached hydrogens (tertiary/aromatic N) is 3. The summed E-state index contributed by atoms with van der Waals surface area (Å²) in [7, 11) is 3.33. The van der Waals surface area contributed by atoms with Gasteiger partial charge in [0.25, 0.3) is 0 Å². The van der Waals surface area contributed by atoms with E-state index in [9.17, 15) is 4.79 Å². The fraction of sp³-hybridized carbons (Fsp3) is 0.300. The third kappa shape index (κ3) is 2.67. The molecule has 4 rings (SSSR count). The summed E-state index contributed by atoms with van der Waals surface area (Å²) in [5.41, 5.74) is 2.94. The summed E-state index contributed by atoms with van der Waals surface area (Å²) in [4.78, 5) is 19.1. The van der Waals surface area contributed by atoms with E-state index < -0.39 is 0 Å². The molecule has 0 radical (unpaired) electrons. The van der Waals surface area contributed by atoms with Crippen LogP contribution in [0, 0.1) is 0 Å². The predicted octanol–water partition coefficient (Wildman–Crippen LogP) is 3.49. The number of aromatic nitrogens is 2. The summed E-state index contributed by atoms with van der Waals surface area (Å²) in [6.45, 7) is 0.751. The normalized spacial score (nSPS) is 16.8. The Labute approximate surface area is 152 Å². The number of likely N-dealkylation sites (tertiary alicyclic amines) is 1. The number of amides is 2. The van der Waals surface area contributed by atoms with Crippen LogP contribution in [0.4, 0.5) is 4.79 Å². The van der Waals surface area contributed by atoms with E-state index in [0.29, 0.717) is 0 Å². The highest BCUT2D eigenvalue weighted by Crippen LogP contribution is 2.35. The Morgan fingerprint density at radius 1 is 1.27 bits per heavy atom. The van der Waals surface area contributed by atoms with Gasteiger partial charge < -0.3 is 19.4 Å². The van der Waals surface area contributed by atoms with E-state index in [1.807, 2.05) is 47.5 Å². The van der Waals surface area contributed by atoms with Gasteiger partial charge in [0.15, 0.2) is 0 Å². The monoisotopic (exact) mass is 350 g/mol. The Morgan fingerprint density at radius 2 is 2.15 bits per heavy atom. The minimum absolute atomic E-state index is 0.0239. The number of hydrogen-bond acceptors (Lipinski definition) is 3. The second kappa shape index (κ2) is 6.71. The minimum Gasteiger partial charge on any atom is -0.497 e. The lowest BCUT2D eigenvalue weighted by atomic mass is 10.1. The summed E-state index contributed by atoms with van der Waals surface area (Å²) in [5, 5.41) is 2.74. The van der Waals surface area contributed by atoms with Crippen molar-refractivity contribution in [3.63, 3.8) is 0 Å². The average Bonchev–Trinajstić information content (AvgIpc) is 3.32.